The summed E-state index contributed by atoms with van der Waals surface area (Å²) >= 11 is 0. The number of anilines is 2. The van der Waals surface area contributed by atoms with E-state index >= 15 is 0 Å². The molecule has 1 atom stereocenters. The highest BCUT2D eigenvalue weighted by atomic mass is 19.4. The van der Waals surface area contributed by atoms with E-state index in [1.54, 1.807) is 54.6 Å². The molecule has 2 saturated carbocycles. The number of ether oxygens (including phenoxy) is 2. The fourth-order valence-corrected chi connectivity index (χ4v) is 8.63. The fourth-order valence-electron chi connectivity index (χ4n) is 8.63. The Morgan fingerprint density at radius 2 is 1.25 bits per heavy atom. The number of carbonyl (C=O) groups is 4. The van der Waals surface area contributed by atoms with Crippen molar-refractivity contribution >= 4 is 40.7 Å². The van der Waals surface area contributed by atoms with Gasteiger partial charge in [0.15, 0.2) is 0 Å². The Balaban J connectivity index is 0.000000240. The summed E-state index contributed by atoms with van der Waals surface area (Å²) in [7, 11) is 0. The van der Waals surface area contributed by atoms with Crippen molar-refractivity contribution in [3.05, 3.63) is 119 Å². The zero-order valence-corrected chi connectivity index (χ0v) is 38.5. The number of benzene rings is 4. The first-order chi connectivity index (χ1) is 33.1. The summed E-state index contributed by atoms with van der Waals surface area (Å²) in [6.07, 6.45) is 1.43. The molecule has 14 nitrogen and oxygen atoms in total. The Morgan fingerprint density at radius 1 is 0.754 bits per heavy atom. The van der Waals surface area contributed by atoms with Crippen LogP contribution in [-0.4, -0.2) is 76.5 Å². The van der Waals surface area contributed by atoms with Crippen LogP contribution in [0.15, 0.2) is 102 Å². The smallest absolute Gasteiger partial charge is 0.435 e. The summed E-state index contributed by atoms with van der Waals surface area (Å²) in [5.41, 5.74) is 1.52. The highest BCUT2D eigenvalue weighted by molar-refractivity contribution is 6.47. The zero-order chi connectivity index (χ0) is 50.4. The SMILES string of the molecule is CC.CC.N#Cc1ccc(C2=NC3(CCCC3)N(CC(=O)Nc3cccc(OC(F)F)c3)C2=O)cc1.N#Cc1ccc(C2NC3(CCCC3)N(CC(=O)Nc3cccc(OC(F)(F)F)c3)C2=O)cc1. The molecule has 19 heteroatoms. The first-order valence-corrected chi connectivity index (χ1v) is 22.6. The van der Waals surface area contributed by atoms with Crippen LogP contribution in [0.25, 0.3) is 0 Å². The topological polar surface area (TPSA) is 189 Å². The second kappa shape index (κ2) is 23.6. The lowest BCUT2D eigenvalue weighted by Crippen LogP contribution is -2.52. The van der Waals surface area contributed by atoms with E-state index in [4.69, 9.17) is 15.5 Å². The van der Waals surface area contributed by atoms with E-state index in [0.717, 1.165) is 37.8 Å². The number of amides is 4. The van der Waals surface area contributed by atoms with Crippen LogP contribution in [0.1, 0.15) is 107 Å². The molecule has 364 valence electrons. The van der Waals surface area contributed by atoms with Crippen molar-refractivity contribution in [2.24, 2.45) is 4.99 Å². The van der Waals surface area contributed by atoms with E-state index in [1.807, 2.05) is 39.8 Å². The number of carbonyl (C=O) groups excluding carboxylic acids is 4. The fraction of sp³-hybridized carbons (Fsp3) is 0.380. The maximum absolute atomic E-state index is 13.3. The molecule has 2 heterocycles. The normalized spacial score (nSPS) is 17.3. The van der Waals surface area contributed by atoms with Crippen LogP contribution in [0, 0.1) is 22.7 Å². The van der Waals surface area contributed by atoms with E-state index in [0.29, 0.717) is 47.9 Å². The van der Waals surface area contributed by atoms with Crippen LogP contribution in [-0.2, 0) is 19.2 Å². The number of nitriles is 2. The molecule has 2 aliphatic heterocycles. The highest BCUT2D eigenvalue weighted by Crippen LogP contribution is 2.42. The van der Waals surface area contributed by atoms with E-state index in [1.165, 1.54) is 40.1 Å². The van der Waals surface area contributed by atoms with Gasteiger partial charge in [-0.25, -0.2) is 0 Å². The standard InChI is InChI=1S/C23H21F3N4O3.C23H20F2N4O3.2C2H6/c24-23(25,26)33-18-5-3-4-17(12-18)28-19(31)14-30-21(32)20(29-22(30)10-1-2-11-22)16-8-6-15(13-27)7-9-16;24-22(25)32-18-5-3-4-17(12-18)27-19(30)14-29-21(31)20(28-23(29)10-1-2-11-23)16-8-6-15(13-26)7-9-16;2*1-2/h3-9,12,20,29H,1-2,10-11,14H2,(H,28,31);3-9,12,22H,1-2,10-11,14H2,(H,27,30);2*1-2H3. The third-order valence-corrected chi connectivity index (χ3v) is 11.5. The molecule has 4 aromatic rings. The van der Waals surface area contributed by atoms with Gasteiger partial charge in [-0.2, -0.15) is 19.3 Å². The molecule has 4 aliphatic rings. The second-order valence-corrected chi connectivity index (χ2v) is 15.8. The molecule has 4 aromatic carbocycles. The lowest BCUT2D eigenvalue weighted by Gasteiger charge is -2.34. The molecule has 2 aliphatic carbocycles. The van der Waals surface area contributed by atoms with Crippen LogP contribution in [0.4, 0.5) is 33.3 Å². The lowest BCUT2D eigenvalue weighted by molar-refractivity contribution is -0.274. The molecule has 0 bridgehead atoms. The van der Waals surface area contributed by atoms with Gasteiger partial charge in [-0.15, -0.1) is 13.2 Å². The van der Waals surface area contributed by atoms with E-state index in [-0.39, 0.29) is 47.7 Å². The number of nitrogens with one attached hydrogen (secondary N) is 3. The Kier molecular flexibility index (Phi) is 18.0. The summed E-state index contributed by atoms with van der Waals surface area (Å²) in [4.78, 5) is 59.8. The van der Waals surface area contributed by atoms with Crippen LogP contribution in [0.5, 0.6) is 11.5 Å². The van der Waals surface area contributed by atoms with E-state index < -0.39 is 47.9 Å². The highest BCUT2D eigenvalue weighted by Gasteiger charge is 2.53. The average molecular weight is 957 g/mol. The molecule has 2 spiro atoms. The molecule has 4 amide bonds. The summed E-state index contributed by atoms with van der Waals surface area (Å²) in [5.74, 6) is -2.12. The average Bonchev–Trinajstić information content (AvgIpc) is 4.13. The molecular formula is C50H53F5N8O6. The molecule has 0 aromatic heterocycles. The van der Waals surface area contributed by atoms with Gasteiger partial charge in [0.2, 0.25) is 17.7 Å². The molecule has 3 N–H and O–H groups in total. The van der Waals surface area contributed by atoms with Gasteiger partial charge in [0.1, 0.15) is 42.0 Å². The summed E-state index contributed by atoms with van der Waals surface area (Å²) < 4.78 is 70.5. The van der Waals surface area contributed by atoms with Crippen molar-refractivity contribution < 1.29 is 50.6 Å². The summed E-state index contributed by atoms with van der Waals surface area (Å²) in [6, 6.07) is 27.4. The summed E-state index contributed by atoms with van der Waals surface area (Å²) in [5, 5.41) is 26.6. The van der Waals surface area contributed by atoms with Crippen LogP contribution < -0.4 is 25.4 Å². The molecule has 1 unspecified atom stereocenters. The van der Waals surface area contributed by atoms with Crippen molar-refractivity contribution in [1.29, 1.82) is 10.5 Å². The zero-order valence-electron chi connectivity index (χ0n) is 38.5. The molecule has 1 saturated heterocycles. The predicted molar refractivity (Wildman–Crippen MR) is 247 cm³/mol. The van der Waals surface area contributed by atoms with Gasteiger partial charge < -0.3 is 29.9 Å². The minimum atomic E-state index is -4.84. The van der Waals surface area contributed by atoms with Gasteiger partial charge in [-0.3, -0.25) is 29.5 Å². The minimum absolute atomic E-state index is 0.0752. The van der Waals surface area contributed by atoms with Gasteiger partial charge in [-0.05, 0) is 105 Å². The number of hydrogen-bond acceptors (Lipinski definition) is 10. The number of hydrogen-bond donors (Lipinski definition) is 3. The Labute approximate surface area is 397 Å². The molecule has 3 fully saturated rings. The number of rotatable bonds is 11. The van der Waals surface area contributed by atoms with E-state index in [2.05, 4.69) is 25.4 Å². The Hall–Kier alpha value is -7.38. The van der Waals surface area contributed by atoms with Gasteiger partial charge in [-0.1, -0.05) is 64.1 Å². The first-order valence-electron chi connectivity index (χ1n) is 22.6. The summed E-state index contributed by atoms with van der Waals surface area (Å²) in [6.45, 7) is 4.56. The minimum Gasteiger partial charge on any atom is -0.435 e. The van der Waals surface area contributed by atoms with Crippen molar-refractivity contribution in [3.8, 4) is 23.6 Å². The van der Waals surface area contributed by atoms with Crippen LogP contribution in [0.2, 0.25) is 0 Å². The molecule has 0 radical (unpaired) electrons. The van der Waals surface area contributed by atoms with Crippen molar-refractivity contribution in [3.63, 3.8) is 0 Å². The number of aliphatic imine (C=N–C) groups is 1. The Bertz CT molecular complexity index is 2550. The first kappa shape index (κ1) is 52.6. The third kappa shape index (κ3) is 13.2. The van der Waals surface area contributed by atoms with Gasteiger partial charge >= 0.3 is 13.0 Å². The lowest BCUT2D eigenvalue weighted by atomic mass is 10.0. The third-order valence-electron chi connectivity index (χ3n) is 11.5. The van der Waals surface area contributed by atoms with Crippen molar-refractivity contribution in [2.45, 2.75) is 109 Å². The molecule has 8 rings (SSSR count). The van der Waals surface area contributed by atoms with Crippen molar-refractivity contribution in [1.82, 2.24) is 15.1 Å². The molecular weight excluding hydrogens is 904 g/mol. The van der Waals surface area contributed by atoms with E-state index in [9.17, 15) is 41.1 Å². The monoisotopic (exact) mass is 956 g/mol. The maximum Gasteiger partial charge on any atom is 0.573 e. The van der Waals surface area contributed by atoms with Crippen LogP contribution >= 0.6 is 0 Å². The second-order valence-electron chi connectivity index (χ2n) is 15.8. The van der Waals surface area contributed by atoms with Gasteiger partial charge in [0.25, 0.3) is 5.91 Å². The molecule has 69 heavy (non-hydrogen) atoms. The predicted octanol–water partition coefficient (Wildman–Crippen LogP) is 9.59. The van der Waals surface area contributed by atoms with Gasteiger partial charge in [0.05, 0.1) is 28.9 Å². The number of nitrogens with zero attached hydrogens (tertiary/aromatic N) is 5. The largest absolute Gasteiger partial charge is 0.573 e. The number of alkyl halides is 5. The maximum atomic E-state index is 13.3. The number of halogens is 5. The Morgan fingerprint density at radius 3 is 1.77 bits per heavy atom. The van der Waals surface area contributed by atoms with Crippen molar-refractivity contribution in [2.75, 3.05) is 23.7 Å². The van der Waals surface area contributed by atoms with Gasteiger partial charge in [0, 0.05) is 29.1 Å². The van der Waals surface area contributed by atoms with Crippen LogP contribution in [0.3, 0.4) is 0 Å². The quantitative estimate of drug-likeness (QED) is 0.123.